The van der Waals surface area contributed by atoms with E-state index in [1.165, 1.54) is 12.1 Å². The predicted octanol–water partition coefficient (Wildman–Crippen LogP) is 3.88. The van der Waals surface area contributed by atoms with E-state index in [-0.39, 0.29) is 17.8 Å². The number of para-hydroxylation sites is 2. The first kappa shape index (κ1) is 18.9. The van der Waals surface area contributed by atoms with E-state index in [1.807, 2.05) is 38.1 Å². The Morgan fingerprint density at radius 1 is 1.14 bits per heavy atom. The van der Waals surface area contributed by atoms with Crippen LogP contribution in [0.2, 0.25) is 0 Å². The number of halogens is 1. The van der Waals surface area contributed by atoms with Crippen LogP contribution in [0.3, 0.4) is 0 Å². The molecule has 7 heteroatoms. The number of rotatable bonds is 5. The van der Waals surface area contributed by atoms with Crippen molar-refractivity contribution in [3.63, 3.8) is 0 Å². The number of carbonyl (C=O) groups excluding carboxylic acids is 1. The van der Waals surface area contributed by atoms with Gasteiger partial charge in [-0.15, -0.1) is 0 Å². The highest BCUT2D eigenvalue weighted by Gasteiger charge is 2.24. The SMILES string of the molecule is CC[C@H](C)NC(=O)c1c(N)n(Cc2ccc(F)cc2)c2nc3ccccc3nc12. The van der Waals surface area contributed by atoms with Gasteiger partial charge in [-0.05, 0) is 43.2 Å². The first-order valence-electron chi connectivity index (χ1n) is 9.57. The minimum absolute atomic E-state index is 0.00538. The molecule has 0 aliphatic heterocycles. The molecule has 0 aliphatic rings. The fourth-order valence-electron chi connectivity index (χ4n) is 3.27. The Kier molecular flexibility index (Phi) is 4.88. The van der Waals surface area contributed by atoms with Crippen molar-refractivity contribution in [2.75, 3.05) is 5.73 Å². The Morgan fingerprint density at radius 3 is 2.45 bits per heavy atom. The summed E-state index contributed by atoms with van der Waals surface area (Å²) in [6.07, 6.45) is 0.800. The standard InChI is InChI=1S/C22H22FN5O/c1-3-13(2)25-22(29)18-19-21(27-17-7-5-4-6-16(17)26-19)28(20(18)24)12-14-8-10-15(23)11-9-14/h4-11,13H,3,12,24H2,1-2H3,(H,25,29)/t13-/m0/s1. The molecule has 2 aromatic carbocycles. The van der Waals surface area contributed by atoms with Gasteiger partial charge >= 0.3 is 0 Å². The van der Waals surface area contributed by atoms with Gasteiger partial charge in [0.15, 0.2) is 5.65 Å². The number of anilines is 1. The third-order valence-corrected chi connectivity index (χ3v) is 5.06. The number of nitrogens with zero attached hydrogens (tertiary/aromatic N) is 3. The molecule has 0 unspecified atom stereocenters. The maximum atomic E-state index is 13.3. The van der Waals surface area contributed by atoms with Gasteiger partial charge in [0.2, 0.25) is 0 Å². The van der Waals surface area contributed by atoms with Gasteiger partial charge < -0.3 is 15.6 Å². The fourth-order valence-corrected chi connectivity index (χ4v) is 3.27. The number of aromatic nitrogens is 3. The zero-order chi connectivity index (χ0) is 20.5. The van der Waals surface area contributed by atoms with Crippen LogP contribution in [0.4, 0.5) is 10.2 Å². The Bertz CT molecular complexity index is 1200. The fraction of sp³-hybridized carbons (Fsp3) is 0.227. The summed E-state index contributed by atoms with van der Waals surface area (Å²) in [7, 11) is 0. The van der Waals surface area contributed by atoms with Crippen molar-refractivity contribution in [2.24, 2.45) is 0 Å². The van der Waals surface area contributed by atoms with E-state index < -0.39 is 0 Å². The van der Waals surface area contributed by atoms with Gasteiger partial charge in [-0.2, -0.15) is 0 Å². The van der Waals surface area contributed by atoms with E-state index in [4.69, 9.17) is 10.7 Å². The second-order valence-corrected chi connectivity index (χ2v) is 7.14. The van der Waals surface area contributed by atoms with Crippen LogP contribution in [0.1, 0.15) is 36.2 Å². The summed E-state index contributed by atoms with van der Waals surface area (Å²) in [5.74, 6) is -0.289. The Morgan fingerprint density at radius 2 is 1.79 bits per heavy atom. The maximum Gasteiger partial charge on any atom is 0.257 e. The number of hydrogen-bond acceptors (Lipinski definition) is 4. The zero-order valence-electron chi connectivity index (χ0n) is 16.3. The van der Waals surface area contributed by atoms with Crippen LogP contribution >= 0.6 is 0 Å². The van der Waals surface area contributed by atoms with Crippen molar-refractivity contribution in [2.45, 2.75) is 32.9 Å². The Labute approximate surface area is 167 Å². The molecule has 0 saturated heterocycles. The quantitative estimate of drug-likeness (QED) is 0.541. The lowest BCUT2D eigenvalue weighted by Crippen LogP contribution is -2.32. The molecule has 1 amide bonds. The number of amides is 1. The summed E-state index contributed by atoms with van der Waals surface area (Å²) >= 11 is 0. The highest BCUT2D eigenvalue weighted by atomic mass is 19.1. The molecule has 0 fully saturated rings. The smallest absolute Gasteiger partial charge is 0.257 e. The minimum atomic E-state index is -0.307. The third-order valence-electron chi connectivity index (χ3n) is 5.06. The normalized spacial score (nSPS) is 12.4. The first-order chi connectivity index (χ1) is 14.0. The molecule has 29 heavy (non-hydrogen) atoms. The number of benzene rings is 2. The molecule has 4 aromatic rings. The molecule has 2 heterocycles. The van der Waals surface area contributed by atoms with E-state index in [2.05, 4.69) is 10.3 Å². The molecule has 6 nitrogen and oxygen atoms in total. The highest BCUT2D eigenvalue weighted by Crippen LogP contribution is 2.29. The third kappa shape index (κ3) is 3.51. The van der Waals surface area contributed by atoms with Crippen LogP contribution in [0.5, 0.6) is 0 Å². The number of carbonyl (C=O) groups is 1. The Balaban J connectivity index is 1.91. The molecule has 3 N–H and O–H groups in total. The van der Waals surface area contributed by atoms with Gasteiger partial charge in [0, 0.05) is 6.04 Å². The molecule has 0 bridgehead atoms. The molecule has 0 spiro atoms. The van der Waals surface area contributed by atoms with Crippen molar-refractivity contribution in [1.29, 1.82) is 0 Å². The van der Waals surface area contributed by atoms with Crippen molar-refractivity contribution in [3.8, 4) is 0 Å². The summed E-state index contributed by atoms with van der Waals surface area (Å²) in [6.45, 7) is 4.29. The number of nitrogen functional groups attached to an aromatic ring is 1. The van der Waals surface area contributed by atoms with Gasteiger partial charge in [0.1, 0.15) is 22.7 Å². The van der Waals surface area contributed by atoms with Crippen molar-refractivity contribution in [1.82, 2.24) is 19.9 Å². The molecule has 4 rings (SSSR count). The van der Waals surface area contributed by atoms with Gasteiger partial charge in [-0.25, -0.2) is 14.4 Å². The number of hydrogen-bond donors (Lipinski definition) is 2. The van der Waals surface area contributed by atoms with E-state index in [1.54, 1.807) is 16.7 Å². The van der Waals surface area contributed by atoms with Gasteiger partial charge in [-0.3, -0.25) is 4.79 Å². The van der Waals surface area contributed by atoms with Crippen molar-refractivity contribution < 1.29 is 9.18 Å². The lowest BCUT2D eigenvalue weighted by atomic mass is 10.2. The molecule has 0 radical (unpaired) electrons. The van der Waals surface area contributed by atoms with E-state index in [0.717, 1.165) is 12.0 Å². The number of fused-ring (bicyclic) bond motifs is 2. The van der Waals surface area contributed by atoms with Gasteiger partial charge in [0.25, 0.3) is 5.91 Å². The van der Waals surface area contributed by atoms with Crippen molar-refractivity contribution >= 4 is 33.9 Å². The van der Waals surface area contributed by atoms with Crippen molar-refractivity contribution in [3.05, 3.63) is 65.5 Å². The summed E-state index contributed by atoms with van der Waals surface area (Å²) in [6, 6.07) is 13.7. The summed E-state index contributed by atoms with van der Waals surface area (Å²) in [5, 5.41) is 2.96. The van der Waals surface area contributed by atoms with Crippen LogP contribution in [0, 0.1) is 5.82 Å². The highest BCUT2D eigenvalue weighted by molar-refractivity contribution is 6.10. The lowest BCUT2D eigenvalue weighted by Gasteiger charge is -2.11. The summed E-state index contributed by atoms with van der Waals surface area (Å²) in [4.78, 5) is 22.4. The number of nitrogens with two attached hydrogens (primary N) is 1. The molecular formula is C22H22FN5O. The zero-order valence-corrected chi connectivity index (χ0v) is 16.3. The molecule has 0 aliphatic carbocycles. The molecular weight excluding hydrogens is 369 g/mol. The van der Waals surface area contributed by atoms with Gasteiger partial charge in [-0.1, -0.05) is 31.2 Å². The summed E-state index contributed by atoms with van der Waals surface area (Å²) < 4.78 is 15.0. The first-order valence-corrected chi connectivity index (χ1v) is 9.57. The molecule has 0 saturated carbocycles. The largest absolute Gasteiger partial charge is 0.384 e. The minimum Gasteiger partial charge on any atom is -0.384 e. The van der Waals surface area contributed by atoms with Crippen LogP contribution in [0.15, 0.2) is 48.5 Å². The lowest BCUT2D eigenvalue weighted by molar-refractivity contribution is 0.0941. The average Bonchev–Trinajstić information content (AvgIpc) is 2.98. The topological polar surface area (TPSA) is 85.8 Å². The molecule has 1 atom stereocenters. The van der Waals surface area contributed by atoms with Gasteiger partial charge in [0.05, 0.1) is 17.6 Å². The average molecular weight is 391 g/mol. The van der Waals surface area contributed by atoms with E-state index in [0.29, 0.717) is 40.1 Å². The van der Waals surface area contributed by atoms with Crippen LogP contribution < -0.4 is 11.1 Å². The van der Waals surface area contributed by atoms with Crippen LogP contribution in [-0.4, -0.2) is 26.5 Å². The monoisotopic (exact) mass is 391 g/mol. The Hall–Kier alpha value is -3.48. The molecule has 148 valence electrons. The second-order valence-electron chi connectivity index (χ2n) is 7.14. The van der Waals surface area contributed by atoms with E-state index in [9.17, 15) is 9.18 Å². The van der Waals surface area contributed by atoms with Crippen LogP contribution in [-0.2, 0) is 6.54 Å². The maximum absolute atomic E-state index is 13.3. The molecule has 2 aromatic heterocycles. The predicted molar refractivity (Wildman–Crippen MR) is 112 cm³/mol. The second kappa shape index (κ2) is 7.50. The number of nitrogens with one attached hydrogen (secondary N) is 1. The summed E-state index contributed by atoms with van der Waals surface area (Å²) in [5.41, 5.74) is 9.98. The van der Waals surface area contributed by atoms with E-state index >= 15 is 0 Å². The van der Waals surface area contributed by atoms with Crippen LogP contribution in [0.25, 0.3) is 22.2 Å².